The summed E-state index contributed by atoms with van der Waals surface area (Å²) >= 11 is 0. The highest BCUT2D eigenvalue weighted by Crippen LogP contribution is 2.52. The molecule has 11 aromatic rings. The van der Waals surface area contributed by atoms with Crippen LogP contribution in [0.3, 0.4) is 0 Å². The first-order valence-corrected chi connectivity index (χ1v) is 27.1. The van der Waals surface area contributed by atoms with Gasteiger partial charge in [-0.05, 0) is 145 Å². The molecule has 0 unspecified atom stereocenters. The number of rotatable bonds is 4. The molecule has 5 heteroatoms. The second kappa shape index (κ2) is 15.9. The molecule has 2 aromatic heterocycles. The Morgan fingerprint density at radius 3 is 1.37 bits per heavy atom. The predicted octanol–water partition coefficient (Wildman–Crippen LogP) is 17.8. The largest absolute Gasteiger partial charge is 0.455 e. The quantitative estimate of drug-likeness (QED) is 0.165. The summed E-state index contributed by atoms with van der Waals surface area (Å²) in [6.07, 6.45) is 2.29. The molecular weight excluding hydrogens is 912 g/mol. The average molecular weight is 975 g/mol. The van der Waals surface area contributed by atoms with Crippen molar-refractivity contribution < 1.29 is 8.83 Å². The number of benzene rings is 9. The van der Waals surface area contributed by atoms with E-state index in [-0.39, 0.29) is 28.4 Å². The van der Waals surface area contributed by atoms with Crippen molar-refractivity contribution in [3.63, 3.8) is 0 Å². The van der Waals surface area contributed by atoms with Crippen molar-refractivity contribution in [2.24, 2.45) is 0 Å². The third-order valence-corrected chi connectivity index (χ3v) is 17.5. The van der Waals surface area contributed by atoms with Gasteiger partial charge in [0.2, 0.25) is 0 Å². The molecule has 3 aliphatic rings. The number of para-hydroxylation sites is 4. The maximum atomic E-state index is 6.60. The van der Waals surface area contributed by atoms with Crippen LogP contribution < -0.4 is 26.2 Å². The van der Waals surface area contributed by atoms with Crippen molar-refractivity contribution >= 4 is 101 Å². The minimum atomic E-state index is -0.152. The minimum Gasteiger partial charge on any atom is -0.455 e. The van der Waals surface area contributed by atoms with Gasteiger partial charge >= 0.3 is 0 Å². The van der Waals surface area contributed by atoms with Crippen molar-refractivity contribution in [1.82, 2.24) is 0 Å². The second-order valence-corrected chi connectivity index (χ2v) is 25.2. The number of hydrogen-bond donors (Lipinski definition) is 0. The van der Waals surface area contributed by atoms with Crippen molar-refractivity contribution in [3.05, 3.63) is 198 Å². The predicted molar refractivity (Wildman–Crippen MR) is 319 cm³/mol. The van der Waals surface area contributed by atoms with Crippen molar-refractivity contribution in [3.8, 4) is 22.3 Å². The molecule has 0 spiro atoms. The third-order valence-electron chi connectivity index (χ3n) is 17.5. The Balaban J connectivity index is 1.01. The van der Waals surface area contributed by atoms with E-state index in [4.69, 9.17) is 8.83 Å². The van der Waals surface area contributed by atoms with Crippen LogP contribution in [0, 0.1) is 0 Å². The summed E-state index contributed by atoms with van der Waals surface area (Å²) in [4.78, 5) is 5.20. The van der Waals surface area contributed by atoms with Gasteiger partial charge in [-0.3, -0.25) is 0 Å². The molecule has 75 heavy (non-hydrogen) atoms. The summed E-state index contributed by atoms with van der Waals surface area (Å²) in [6.45, 7) is 24.0. The maximum absolute atomic E-state index is 6.60. The molecule has 0 saturated heterocycles. The lowest BCUT2D eigenvalue weighted by Crippen LogP contribution is -2.62. The van der Waals surface area contributed by atoms with Gasteiger partial charge in [-0.2, -0.15) is 0 Å². The van der Waals surface area contributed by atoms with Crippen LogP contribution in [0.15, 0.2) is 185 Å². The first kappa shape index (κ1) is 45.8. The first-order valence-electron chi connectivity index (χ1n) is 27.1. The summed E-state index contributed by atoms with van der Waals surface area (Å²) in [6, 6.07) is 66.0. The Bertz CT molecular complexity index is 4160. The van der Waals surface area contributed by atoms with Gasteiger partial charge in [0.1, 0.15) is 22.3 Å². The van der Waals surface area contributed by atoms with Gasteiger partial charge in [-0.1, -0.05) is 184 Å². The normalized spacial score (nSPS) is 15.6. The van der Waals surface area contributed by atoms with E-state index in [9.17, 15) is 0 Å². The minimum absolute atomic E-state index is 0.00937. The summed E-state index contributed by atoms with van der Waals surface area (Å²) < 4.78 is 13.2. The van der Waals surface area contributed by atoms with Gasteiger partial charge in [0, 0.05) is 66.8 Å². The molecule has 368 valence electrons. The average Bonchev–Trinajstić information content (AvgIpc) is 4.00. The molecular formula is C70H63BN2O2. The Labute approximate surface area is 441 Å². The Morgan fingerprint density at radius 1 is 0.413 bits per heavy atom. The van der Waals surface area contributed by atoms with Gasteiger partial charge in [-0.15, -0.1) is 0 Å². The molecule has 0 atom stereocenters. The molecule has 0 saturated carbocycles. The first-order chi connectivity index (χ1) is 35.9. The van der Waals surface area contributed by atoms with E-state index >= 15 is 0 Å². The lowest BCUT2D eigenvalue weighted by Gasteiger charge is -2.48. The Morgan fingerprint density at radius 2 is 0.867 bits per heavy atom. The lowest BCUT2D eigenvalue weighted by atomic mass is 9.32. The fourth-order valence-electron chi connectivity index (χ4n) is 13.0. The SMILES string of the molecule is CC(C)(C)c1ccc2c(c1)B1c3cc4c(cc3N(c3ccc(-c5cccc6c5oc5ccccc56)cc3)c3cc(C(C)(C)C)cc(c31)N2c1ccc(-c2cccc3c2oc2ccccc23)cc1)C(C)(C)CCC4(C)C. The molecule has 2 aliphatic heterocycles. The van der Waals surface area contributed by atoms with Crippen LogP contribution in [-0.2, 0) is 21.7 Å². The van der Waals surface area contributed by atoms with E-state index < -0.39 is 0 Å². The van der Waals surface area contributed by atoms with E-state index in [1.165, 1.54) is 61.4 Å². The second-order valence-electron chi connectivity index (χ2n) is 25.2. The van der Waals surface area contributed by atoms with Gasteiger partial charge < -0.3 is 18.6 Å². The summed E-state index contributed by atoms with van der Waals surface area (Å²) in [7, 11) is 0. The highest BCUT2D eigenvalue weighted by atomic mass is 16.3. The van der Waals surface area contributed by atoms with Crippen LogP contribution in [0.4, 0.5) is 34.1 Å². The molecule has 0 N–H and O–H groups in total. The zero-order valence-electron chi connectivity index (χ0n) is 44.9. The smallest absolute Gasteiger partial charge is 0.252 e. The van der Waals surface area contributed by atoms with Crippen LogP contribution in [0.2, 0.25) is 0 Å². The van der Waals surface area contributed by atoms with Gasteiger partial charge in [0.25, 0.3) is 6.71 Å². The molecule has 14 rings (SSSR count). The molecule has 0 radical (unpaired) electrons. The number of anilines is 6. The Kier molecular flexibility index (Phi) is 9.71. The molecule has 4 heterocycles. The van der Waals surface area contributed by atoms with E-state index in [1.807, 2.05) is 6.07 Å². The number of hydrogen-bond acceptors (Lipinski definition) is 4. The molecule has 9 aromatic carbocycles. The number of nitrogens with zero attached hydrogens (tertiary/aromatic N) is 2. The van der Waals surface area contributed by atoms with E-state index in [0.29, 0.717) is 0 Å². The molecule has 0 bridgehead atoms. The standard InChI is InChI=1S/C70H63BN2O2/c1-67(2,3)44-29-34-58-56(37-44)71-57-40-54-55(70(9,10)36-35-69(54,7)8)41-59(57)73(47-32-27-43(28-33-47)49-20-16-22-53-51-18-12-14-24-63(51)75-66(49)53)61-39-45(68(4,5)6)38-60(64(61)71)72(58)46-30-25-42(26-31-46)48-19-15-21-52-50-17-11-13-23-62(50)74-65(48)52/h11-34,37-41H,35-36H2,1-10H3. The highest BCUT2D eigenvalue weighted by molar-refractivity contribution is 7.00. The summed E-state index contributed by atoms with van der Waals surface area (Å²) in [5.74, 6) is 0. The molecule has 4 nitrogen and oxygen atoms in total. The van der Waals surface area contributed by atoms with Crippen LogP contribution in [0.1, 0.15) is 104 Å². The van der Waals surface area contributed by atoms with Gasteiger partial charge in [0.05, 0.1) is 0 Å². The van der Waals surface area contributed by atoms with Crippen LogP contribution in [-0.4, -0.2) is 6.71 Å². The monoisotopic (exact) mass is 974 g/mol. The lowest BCUT2D eigenvalue weighted by molar-refractivity contribution is 0.332. The van der Waals surface area contributed by atoms with E-state index in [0.717, 1.165) is 90.3 Å². The molecule has 1 aliphatic carbocycles. The van der Waals surface area contributed by atoms with Gasteiger partial charge in [-0.25, -0.2) is 0 Å². The van der Waals surface area contributed by atoms with Crippen molar-refractivity contribution in [2.75, 3.05) is 9.80 Å². The van der Waals surface area contributed by atoms with Crippen LogP contribution in [0.5, 0.6) is 0 Å². The molecule has 0 amide bonds. The van der Waals surface area contributed by atoms with Crippen LogP contribution in [0.25, 0.3) is 66.1 Å². The third kappa shape index (κ3) is 6.96. The van der Waals surface area contributed by atoms with E-state index in [2.05, 4.69) is 249 Å². The topological polar surface area (TPSA) is 32.8 Å². The van der Waals surface area contributed by atoms with Crippen LogP contribution >= 0.6 is 0 Å². The maximum Gasteiger partial charge on any atom is 0.252 e. The number of furan rings is 2. The van der Waals surface area contributed by atoms with Crippen molar-refractivity contribution in [2.45, 2.75) is 104 Å². The summed E-state index contributed by atoms with van der Waals surface area (Å²) in [5.41, 5.74) is 24.8. The molecule has 0 fully saturated rings. The summed E-state index contributed by atoms with van der Waals surface area (Å²) in [5, 5.41) is 4.56. The number of fused-ring (bicyclic) bond motifs is 11. The fraction of sp³-hybridized carbons (Fsp3) is 0.229. The van der Waals surface area contributed by atoms with Crippen molar-refractivity contribution in [1.29, 1.82) is 0 Å². The highest BCUT2D eigenvalue weighted by Gasteiger charge is 2.47. The Hall–Kier alpha value is -7.76. The van der Waals surface area contributed by atoms with Gasteiger partial charge in [0.15, 0.2) is 0 Å². The zero-order valence-corrected chi connectivity index (χ0v) is 44.9. The van der Waals surface area contributed by atoms with E-state index in [1.54, 1.807) is 0 Å². The zero-order chi connectivity index (χ0) is 51.5. The fourth-order valence-corrected chi connectivity index (χ4v) is 13.0.